The summed E-state index contributed by atoms with van der Waals surface area (Å²) in [5.74, 6) is 0. The van der Waals surface area contributed by atoms with Gasteiger partial charge < -0.3 is 4.98 Å². The van der Waals surface area contributed by atoms with E-state index in [0.29, 0.717) is 0 Å². The number of fused-ring (bicyclic) bond motifs is 3. The van der Waals surface area contributed by atoms with E-state index in [2.05, 4.69) is 48.1 Å². The van der Waals surface area contributed by atoms with E-state index >= 15 is 0 Å². The summed E-state index contributed by atoms with van der Waals surface area (Å²) in [5, 5.41) is 2.48. The van der Waals surface area contributed by atoms with Crippen molar-refractivity contribution in [2.75, 3.05) is 0 Å². The molecule has 1 aromatic carbocycles. The number of rotatable bonds is 0. The highest BCUT2D eigenvalue weighted by Gasteiger charge is 2.06. The Hall–Kier alpha value is -1.83. The third-order valence-corrected chi connectivity index (χ3v) is 2.83. The fourth-order valence-electron chi connectivity index (χ4n) is 2.05. The van der Waals surface area contributed by atoms with Crippen LogP contribution in [0.1, 0.15) is 11.1 Å². The van der Waals surface area contributed by atoms with Gasteiger partial charge in [0.2, 0.25) is 0 Å². The number of benzene rings is 1. The summed E-state index contributed by atoms with van der Waals surface area (Å²) >= 11 is 0. The maximum atomic E-state index is 4.40. The zero-order chi connectivity index (χ0) is 10.4. The summed E-state index contributed by atoms with van der Waals surface area (Å²) in [6.07, 6.45) is 1.90. The average Bonchev–Trinajstić information content (AvgIpc) is 2.58. The van der Waals surface area contributed by atoms with Gasteiger partial charge in [0.25, 0.3) is 0 Å². The Morgan fingerprint density at radius 3 is 2.87 bits per heavy atom. The van der Waals surface area contributed by atoms with Crippen LogP contribution in [0.2, 0.25) is 0 Å². The van der Waals surface area contributed by atoms with Crippen molar-refractivity contribution in [1.29, 1.82) is 0 Å². The van der Waals surface area contributed by atoms with E-state index in [9.17, 15) is 0 Å². The van der Waals surface area contributed by atoms with Crippen LogP contribution in [0.5, 0.6) is 0 Å². The van der Waals surface area contributed by atoms with Crippen molar-refractivity contribution in [2.24, 2.45) is 0 Å². The van der Waals surface area contributed by atoms with Crippen molar-refractivity contribution < 1.29 is 0 Å². The lowest BCUT2D eigenvalue weighted by Gasteiger charge is -1.94. The molecule has 2 aromatic heterocycles. The van der Waals surface area contributed by atoms with Crippen molar-refractivity contribution >= 4 is 21.9 Å². The van der Waals surface area contributed by atoms with Gasteiger partial charge in [0.05, 0.1) is 5.52 Å². The Morgan fingerprint density at radius 2 is 2.00 bits per heavy atom. The van der Waals surface area contributed by atoms with Crippen molar-refractivity contribution in [2.45, 2.75) is 13.8 Å². The van der Waals surface area contributed by atoms with Crippen LogP contribution in [0.15, 0.2) is 30.5 Å². The van der Waals surface area contributed by atoms with E-state index < -0.39 is 0 Å². The second kappa shape index (κ2) is 2.83. The molecule has 15 heavy (non-hydrogen) atoms. The van der Waals surface area contributed by atoms with Crippen molar-refractivity contribution in [3.63, 3.8) is 0 Å². The first-order valence-electron chi connectivity index (χ1n) is 5.09. The Labute approximate surface area is 88.0 Å². The van der Waals surface area contributed by atoms with E-state index in [1.54, 1.807) is 0 Å². The van der Waals surface area contributed by atoms with Crippen LogP contribution in [-0.2, 0) is 0 Å². The second-order valence-corrected chi connectivity index (χ2v) is 4.03. The van der Waals surface area contributed by atoms with E-state index in [-0.39, 0.29) is 0 Å². The van der Waals surface area contributed by atoms with E-state index in [4.69, 9.17) is 0 Å². The molecule has 3 aromatic rings. The largest absolute Gasteiger partial charge is 0.339 e. The molecule has 1 N–H and O–H groups in total. The van der Waals surface area contributed by atoms with Gasteiger partial charge in [-0.15, -0.1) is 0 Å². The van der Waals surface area contributed by atoms with Crippen LogP contribution in [0, 0.1) is 13.8 Å². The topological polar surface area (TPSA) is 28.7 Å². The summed E-state index contributed by atoms with van der Waals surface area (Å²) < 4.78 is 0. The number of nitrogens with one attached hydrogen (secondary N) is 1. The van der Waals surface area contributed by atoms with Gasteiger partial charge in [0.1, 0.15) is 5.65 Å². The molecular weight excluding hydrogens is 184 g/mol. The minimum Gasteiger partial charge on any atom is -0.339 e. The van der Waals surface area contributed by atoms with E-state index in [0.717, 1.165) is 5.65 Å². The highest BCUT2D eigenvalue weighted by molar-refractivity contribution is 6.06. The lowest BCUT2D eigenvalue weighted by molar-refractivity contribution is 1.29. The van der Waals surface area contributed by atoms with E-state index in [1.807, 2.05) is 6.20 Å². The molecule has 0 unspecified atom stereocenters. The molecule has 2 heteroatoms. The fourth-order valence-corrected chi connectivity index (χ4v) is 2.05. The zero-order valence-electron chi connectivity index (χ0n) is 8.83. The number of pyridine rings is 1. The molecule has 0 fully saturated rings. The Morgan fingerprint density at radius 1 is 1.13 bits per heavy atom. The molecule has 0 saturated carbocycles. The maximum Gasteiger partial charge on any atom is 0.138 e. The van der Waals surface area contributed by atoms with E-state index in [1.165, 1.54) is 27.4 Å². The number of aromatic nitrogens is 2. The van der Waals surface area contributed by atoms with Gasteiger partial charge in [0.15, 0.2) is 0 Å². The summed E-state index contributed by atoms with van der Waals surface area (Å²) in [5.41, 5.74) is 4.64. The molecule has 2 heterocycles. The summed E-state index contributed by atoms with van der Waals surface area (Å²) in [7, 11) is 0. The first-order valence-corrected chi connectivity index (χ1v) is 5.09. The lowest BCUT2D eigenvalue weighted by Crippen LogP contribution is -1.77. The van der Waals surface area contributed by atoms with Crippen molar-refractivity contribution in [1.82, 2.24) is 9.97 Å². The average molecular weight is 196 g/mol. The molecular formula is C13H12N2. The predicted octanol–water partition coefficient (Wildman–Crippen LogP) is 3.33. The first kappa shape index (κ1) is 8.48. The standard InChI is InChI=1S/C13H12N2/c1-8-6-11-10-5-3-4-9(2)12(10)15-13(11)14-7-8/h3-7H,1-2H3,(H,14,15). The zero-order valence-corrected chi connectivity index (χ0v) is 8.83. The van der Waals surface area contributed by atoms with Gasteiger partial charge in [-0.05, 0) is 31.0 Å². The van der Waals surface area contributed by atoms with Crippen LogP contribution in [0.3, 0.4) is 0 Å². The van der Waals surface area contributed by atoms with Crippen molar-refractivity contribution in [3.8, 4) is 0 Å². The molecule has 0 atom stereocenters. The maximum absolute atomic E-state index is 4.40. The molecule has 0 radical (unpaired) electrons. The number of hydrogen-bond donors (Lipinski definition) is 1. The SMILES string of the molecule is Cc1cnc2[nH]c3c(C)cccc3c2c1. The smallest absolute Gasteiger partial charge is 0.138 e. The molecule has 0 aliphatic rings. The summed E-state index contributed by atoms with van der Waals surface area (Å²) in [6, 6.07) is 8.53. The van der Waals surface area contributed by atoms with Gasteiger partial charge in [-0.2, -0.15) is 0 Å². The summed E-state index contributed by atoms with van der Waals surface area (Å²) in [4.78, 5) is 7.77. The highest BCUT2D eigenvalue weighted by Crippen LogP contribution is 2.26. The molecule has 0 saturated heterocycles. The first-order chi connectivity index (χ1) is 7.25. The Bertz CT molecular complexity index is 650. The quantitative estimate of drug-likeness (QED) is 0.587. The van der Waals surface area contributed by atoms with Gasteiger partial charge in [-0.3, -0.25) is 0 Å². The number of para-hydroxylation sites is 1. The molecule has 74 valence electrons. The van der Waals surface area contributed by atoms with Crippen LogP contribution in [0.25, 0.3) is 21.9 Å². The normalized spacial score (nSPS) is 11.3. The number of hydrogen-bond acceptors (Lipinski definition) is 1. The third-order valence-electron chi connectivity index (χ3n) is 2.83. The number of aryl methyl sites for hydroxylation is 2. The van der Waals surface area contributed by atoms with Crippen LogP contribution < -0.4 is 0 Å². The predicted molar refractivity (Wildman–Crippen MR) is 63.1 cm³/mol. The second-order valence-electron chi connectivity index (χ2n) is 4.03. The van der Waals surface area contributed by atoms with Gasteiger partial charge in [-0.25, -0.2) is 4.98 Å². The fraction of sp³-hybridized carbons (Fsp3) is 0.154. The Kier molecular flexibility index (Phi) is 1.60. The molecule has 2 nitrogen and oxygen atoms in total. The highest BCUT2D eigenvalue weighted by atomic mass is 14.8. The van der Waals surface area contributed by atoms with Crippen molar-refractivity contribution in [3.05, 3.63) is 41.6 Å². The molecule has 0 aliphatic heterocycles. The Balaban J connectivity index is 2.58. The lowest BCUT2D eigenvalue weighted by atomic mass is 10.1. The molecule has 0 spiro atoms. The van der Waals surface area contributed by atoms with Crippen LogP contribution in [-0.4, -0.2) is 9.97 Å². The minimum absolute atomic E-state index is 0.977. The van der Waals surface area contributed by atoms with Crippen LogP contribution >= 0.6 is 0 Å². The minimum atomic E-state index is 0.977. The molecule has 3 rings (SSSR count). The number of nitrogens with zero attached hydrogens (tertiary/aromatic N) is 1. The third kappa shape index (κ3) is 1.14. The monoisotopic (exact) mass is 196 g/mol. The number of H-pyrrole nitrogens is 1. The van der Waals surface area contributed by atoms with Gasteiger partial charge >= 0.3 is 0 Å². The molecule has 0 bridgehead atoms. The molecule has 0 aliphatic carbocycles. The number of aromatic amines is 1. The van der Waals surface area contributed by atoms with Gasteiger partial charge in [-0.1, -0.05) is 18.2 Å². The molecule has 0 amide bonds. The van der Waals surface area contributed by atoms with Gasteiger partial charge in [0, 0.05) is 17.0 Å². The van der Waals surface area contributed by atoms with Crippen LogP contribution in [0.4, 0.5) is 0 Å². The summed E-state index contributed by atoms with van der Waals surface area (Å²) in [6.45, 7) is 4.19.